The molecule has 0 bridgehead atoms. The van der Waals surface area contributed by atoms with Crippen LogP contribution < -0.4 is 5.32 Å². The van der Waals surface area contributed by atoms with Crippen LogP contribution in [0.4, 0.5) is 0 Å². The summed E-state index contributed by atoms with van der Waals surface area (Å²) in [5.74, 6) is 0. The highest BCUT2D eigenvalue weighted by Crippen LogP contribution is 2.45. The van der Waals surface area contributed by atoms with Gasteiger partial charge in [-0.2, -0.15) is 0 Å². The van der Waals surface area contributed by atoms with Crippen LogP contribution in [0.5, 0.6) is 0 Å². The predicted molar refractivity (Wildman–Crippen MR) is 81.6 cm³/mol. The van der Waals surface area contributed by atoms with Crippen LogP contribution in [0.25, 0.3) is 0 Å². The first kappa shape index (κ1) is 14.1. The van der Waals surface area contributed by atoms with Crippen molar-refractivity contribution in [1.29, 1.82) is 0 Å². The molecule has 0 unspecified atom stereocenters. The normalized spacial score (nSPS) is 18.4. The zero-order chi connectivity index (χ0) is 13.0. The highest BCUT2D eigenvalue weighted by Gasteiger charge is 2.32. The number of rotatable bonds is 6. The molecule has 1 heterocycles. The molecule has 1 saturated carbocycles. The van der Waals surface area contributed by atoms with Crippen molar-refractivity contribution in [2.75, 3.05) is 13.6 Å². The smallest absolute Gasteiger partial charge is 0.00774 e. The largest absolute Gasteiger partial charge is 0.320 e. The van der Waals surface area contributed by atoms with Crippen LogP contribution in [0.1, 0.15) is 53.8 Å². The Kier molecular flexibility index (Phi) is 4.85. The fraction of sp³-hybridized carbons (Fsp3) is 0.750. The summed E-state index contributed by atoms with van der Waals surface area (Å²) in [6.07, 6.45) is 9.88. The van der Waals surface area contributed by atoms with Gasteiger partial charge in [-0.1, -0.05) is 12.8 Å². The molecule has 0 amide bonds. The fourth-order valence-corrected chi connectivity index (χ4v) is 4.51. The van der Waals surface area contributed by atoms with Gasteiger partial charge in [0.2, 0.25) is 0 Å². The molecule has 2 rings (SSSR count). The molecule has 1 aliphatic rings. The molecule has 0 radical (unpaired) electrons. The summed E-state index contributed by atoms with van der Waals surface area (Å²) in [5.41, 5.74) is 2.16. The first-order chi connectivity index (χ1) is 8.65. The molecule has 102 valence electrons. The van der Waals surface area contributed by atoms with Crippen molar-refractivity contribution >= 4 is 11.3 Å². The van der Waals surface area contributed by atoms with Gasteiger partial charge in [-0.15, -0.1) is 11.3 Å². The van der Waals surface area contributed by atoms with Gasteiger partial charge in [0.25, 0.3) is 0 Å². The Labute approximate surface area is 116 Å². The summed E-state index contributed by atoms with van der Waals surface area (Å²) in [7, 11) is 2.08. The molecule has 1 nitrogen and oxygen atoms in total. The molecule has 0 atom stereocenters. The zero-order valence-corrected chi connectivity index (χ0v) is 13.0. The fourth-order valence-electron chi connectivity index (χ4n) is 3.46. The maximum atomic E-state index is 3.34. The summed E-state index contributed by atoms with van der Waals surface area (Å²) in [6, 6.07) is 2.34. The predicted octanol–water partition coefficient (Wildman–Crippen LogP) is 4.47. The van der Waals surface area contributed by atoms with Crippen molar-refractivity contribution in [1.82, 2.24) is 5.32 Å². The Balaban J connectivity index is 1.95. The maximum absolute atomic E-state index is 3.34. The summed E-state index contributed by atoms with van der Waals surface area (Å²) in [5, 5.41) is 3.34. The third-order valence-electron chi connectivity index (χ3n) is 4.60. The van der Waals surface area contributed by atoms with E-state index in [4.69, 9.17) is 0 Å². The van der Waals surface area contributed by atoms with Gasteiger partial charge in [-0.3, -0.25) is 0 Å². The van der Waals surface area contributed by atoms with Gasteiger partial charge in [0.05, 0.1) is 0 Å². The van der Waals surface area contributed by atoms with Crippen molar-refractivity contribution < 1.29 is 0 Å². The third-order valence-corrected chi connectivity index (χ3v) is 5.81. The molecule has 0 aromatic carbocycles. The van der Waals surface area contributed by atoms with E-state index in [1.807, 2.05) is 11.3 Å². The van der Waals surface area contributed by atoms with Crippen molar-refractivity contribution in [2.45, 2.75) is 58.8 Å². The lowest BCUT2D eigenvalue weighted by Crippen LogP contribution is -2.23. The Hall–Kier alpha value is -0.340. The van der Waals surface area contributed by atoms with E-state index in [0.717, 1.165) is 0 Å². The van der Waals surface area contributed by atoms with E-state index in [2.05, 4.69) is 32.3 Å². The van der Waals surface area contributed by atoms with Crippen LogP contribution in [0.3, 0.4) is 0 Å². The van der Waals surface area contributed by atoms with Gasteiger partial charge in [-0.25, -0.2) is 0 Å². The van der Waals surface area contributed by atoms with Crippen LogP contribution in [-0.4, -0.2) is 13.6 Å². The minimum Gasteiger partial charge on any atom is -0.320 e. The van der Waals surface area contributed by atoms with Crippen LogP contribution in [0.15, 0.2) is 6.07 Å². The molecule has 2 heteroatoms. The third kappa shape index (κ3) is 3.36. The first-order valence-electron chi connectivity index (χ1n) is 7.36. The standard InChI is InChI=1S/C16H27NS/c1-13-12-14(2)18-15(13)6-9-16(10-11-17-3)7-4-5-8-16/h12,17H,4-11H2,1-3H3. The van der Waals surface area contributed by atoms with E-state index in [-0.39, 0.29) is 0 Å². The SMILES string of the molecule is CNCCC1(CCc2sc(C)cc2C)CCCC1. The molecule has 1 aliphatic carbocycles. The zero-order valence-electron chi connectivity index (χ0n) is 12.1. The second-order valence-electron chi connectivity index (χ2n) is 6.02. The molecule has 18 heavy (non-hydrogen) atoms. The lowest BCUT2D eigenvalue weighted by molar-refractivity contribution is 0.248. The first-order valence-corrected chi connectivity index (χ1v) is 8.17. The average Bonchev–Trinajstić information content (AvgIpc) is 2.92. The molecule has 1 fully saturated rings. The minimum absolute atomic E-state index is 0.646. The topological polar surface area (TPSA) is 12.0 Å². The highest BCUT2D eigenvalue weighted by molar-refractivity contribution is 7.12. The van der Waals surface area contributed by atoms with Crippen molar-refractivity contribution in [2.24, 2.45) is 5.41 Å². The minimum atomic E-state index is 0.646. The van der Waals surface area contributed by atoms with E-state index in [9.17, 15) is 0 Å². The van der Waals surface area contributed by atoms with E-state index in [1.54, 1.807) is 4.88 Å². The number of aryl methyl sites for hydroxylation is 3. The van der Waals surface area contributed by atoms with E-state index in [1.165, 1.54) is 61.9 Å². The number of hydrogen-bond donors (Lipinski definition) is 1. The average molecular weight is 265 g/mol. The van der Waals surface area contributed by atoms with E-state index < -0.39 is 0 Å². The summed E-state index contributed by atoms with van der Waals surface area (Å²) in [4.78, 5) is 3.10. The number of hydrogen-bond acceptors (Lipinski definition) is 2. The van der Waals surface area contributed by atoms with Gasteiger partial charge >= 0.3 is 0 Å². The van der Waals surface area contributed by atoms with Crippen molar-refractivity contribution in [3.8, 4) is 0 Å². The van der Waals surface area contributed by atoms with Crippen LogP contribution in [-0.2, 0) is 6.42 Å². The monoisotopic (exact) mass is 265 g/mol. The quantitative estimate of drug-likeness (QED) is 0.800. The number of thiophene rings is 1. The Morgan fingerprint density at radius 2 is 1.94 bits per heavy atom. The lowest BCUT2D eigenvalue weighted by atomic mass is 9.78. The van der Waals surface area contributed by atoms with Gasteiger partial charge in [0, 0.05) is 9.75 Å². The molecular formula is C16H27NS. The van der Waals surface area contributed by atoms with E-state index >= 15 is 0 Å². The van der Waals surface area contributed by atoms with Gasteiger partial charge < -0.3 is 5.32 Å². The van der Waals surface area contributed by atoms with Gasteiger partial charge in [0.15, 0.2) is 0 Å². The summed E-state index contributed by atoms with van der Waals surface area (Å²) >= 11 is 2.00. The molecule has 0 aliphatic heterocycles. The van der Waals surface area contributed by atoms with Crippen LogP contribution in [0.2, 0.25) is 0 Å². The maximum Gasteiger partial charge on any atom is 0.00774 e. The second kappa shape index (κ2) is 6.21. The molecule has 1 aromatic rings. The molecular weight excluding hydrogens is 238 g/mol. The number of nitrogens with one attached hydrogen (secondary N) is 1. The van der Waals surface area contributed by atoms with Crippen LogP contribution in [0, 0.1) is 19.3 Å². The van der Waals surface area contributed by atoms with Crippen molar-refractivity contribution in [3.05, 3.63) is 21.4 Å². The van der Waals surface area contributed by atoms with Crippen LogP contribution >= 0.6 is 11.3 Å². The Morgan fingerprint density at radius 1 is 1.22 bits per heavy atom. The van der Waals surface area contributed by atoms with Gasteiger partial charge in [-0.05, 0) is 76.6 Å². The van der Waals surface area contributed by atoms with Crippen molar-refractivity contribution in [3.63, 3.8) is 0 Å². The summed E-state index contributed by atoms with van der Waals surface area (Å²) < 4.78 is 0. The van der Waals surface area contributed by atoms with E-state index in [0.29, 0.717) is 5.41 Å². The summed E-state index contributed by atoms with van der Waals surface area (Å²) in [6.45, 7) is 5.68. The Morgan fingerprint density at radius 3 is 2.50 bits per heavy atom. The Bertz CT molecular complexity index is 374. The molecule has 1 aromatic heterocycles. The lowest BCUT2D eigenvalue weighted by Gasteiger charge is -2.29. The highest BCUT2D eigenvalue weighted by atomic mass is 32.1. The second-order valence-corrected chi connectivity index (χ2v) is 7.36. The molecule has 0 saturated heterocycles. The van der Waals surface area contributed by atoms with Gasteiger partial charge in [0.1, 0.15) is 0 Å². The molecule has 0 spiro atoms. The molecule has 1 N–H and O–H groups in total.